The highest BCUT2D eigenvalue weighted by Gasteiger charge is 2.39. The summed E-state index contributed by atoms with van der Waals surface area (Å²) in [5.74, 6) is 3.09. The summed E-state index contributed by atoms with van der Waals surface area (Å²) in [5.41, 5.74) is 0.322. The van der Waals surface area contributed by atoms with Crippen molar-refractivity contribution >= 4 is 17.0 Å². The number of aromatic nitrogens is 4. The summed E-state index contributed by atoms with van der Waals surface area (Å²) < 4.78 is 1.82. The van der Waals surface area contributed by atoms with Crippen LogP contribution in [0.1, 0.15) is 46.5 Å². The molecule has 2 aromatic rings. The number of nitrogens with one attached hydrogen (secondary N) is 2. The summed E-state index contributed by atoms with van der Waals surface area (Å²) in [7, 11) is 0. The van der Waals surface area contributed by atoms with Gasteiger partial charge in [-0.25, -0.2) is 4.68 Å². The van der Waals surface area contributed by atoms with E-state index < -0.39 is 0 Å². The lowest BCUT2D eigenvalue weighted by Crippen LogP contribution is -2.25. The maximum absolute atomic E-state index is 12.3. The van der Waals surface area contributed by atoms with Gasteiger partial charge in [0.05, 0.1) is 11.7 Å². The highest BCUT2D eigenvalue weighted by Crippen LogP contribution is 2.48. The molecular formula is C17H25N5O. The quantitative estimate of drug-likeness (QED) is 0.913. The fourth-order valence-electron chi connectivity index (χ4n) is 4.35. The largest absolute Gasteiger partial charge is 0.355 e. The molecule has 2 heterocycles. The van der Waals surface area contributed by atoms with E-state index in [0.29, 0.717) is 17.0 Å². The monoisotopic (exact) mass is 315 g/mol. The van der Waals surface area contributed by atoms with Gasteiger partial charge in [0.25, 0.3) is 5.56 Å². The van der Waals surface area contributed by atoms with Crippen molar-refractivity contribution in [2.24, 2.45) is 17.8 Å². The zero-order valence-electron chi connectivity index (χ0n) is 14.1. The molecule has 0 spiro atoms. The molecule has 2 aliphatic rings. The van der Waals surface area contributed by atoms with E-state index in [1.165, 1.54) is 25.7 Å². The predicted octanol–water partition coefficient (Wildman–Crippen LogP) is 2.72. The van der Waals surface area contributed by atoms with Crippen LogP contribution in [0.2, 0.25) is 0 Å². The Balaban J connectivity index is 1.59. The number of aromatic amines is 1. The van der Waals surface area contributed by atoms with Crippen LogP contribution in [0.5, 0.6) is 0 Å². The lowest BCUT2D eigenvalue weighted by molar-refractivity contribution is 0.348. The van der Waals surface area contributed by atoms with Gasteiger partial charge in [-0.15, -0.1) is 0 Å². The lowest BCUT2D eigenvalue weighted by Gasteiger charge is -2.22. The van der Waals surface area contributed by atoms with Crippen molar-refractivity contribution in [1.29, 1.82) is 0 Å². The van der Waals surface area contributed by atoms with Gasteiger partial charge in [0, 0.05) is 6.54 Å². The highest BCUT2D eigenvalue weighted by atomic mass is 16.1. The molecule has 23 heavy (non-hydrogen) atoms. The van der Waals surface area contributed by atoms with Crippen molar-refractivity contribution in [3.05, 3.63) is 16.6 Å². The van der Waals surface area contributed by atoms with Gasteiger partial charge in [-0.05, 0) is 57.8 Å². The molecule has 0 saturated heterocycles. The third-order valence-electron chi connectivity index (χ3n) is 5.49. The Morgan fingerprint density at radius 3 is 2.83 bits per heavy atom. The van der Waals surface area contributed by atoms with Crippen LogP contribution in [0.15, 0.2) is 11.0 Å². The van der Waals surface area contributed by atoms with Crippen molar-refractivity contribution in [1.82, 2.24) is 19.7 Å². The number of hydrogen-bond acceptors (Lipinski definition) is 4. The third kappa shape index (κ3) is 2.54. The SMILES string of the molecule is CC(C)(C)n1ncc2c(=O)[nH]c(NCC3CC4CCC3C4)nc21. The zero-order valence-corrected chi connectivity index (χ0v) is 14.1. The van der Waals surface area contributed by atoms with E-state index in [2.05, 4.69) is 41.2 Å². The molecule has 2 bridgehead atoms. The smallest absolute Gasteiger partial charge is 0.263 e. The number of nitrogens with zero attached hydrogens (tertiary/aromatic N) is 3. The van der Waals surface area contributed by atoms with Crippen molar-refractivity contribution in [3.8, 4) is 0 Å². The molecule has 3 atom stereocenters. The first kappa shape index (κ1) is 14.7. The van der Waals surface area contributed by atoms with Gasteiger partial charge in [-0.3, -0.25) is 9.78 Å². The van der Waals surface area contributed by atoms with E-state index >= 15 is 0 Å². The van der Waals surface area contributed by atoms with E-state index in [0.717, 1.165) is 24.3 Å². The number of fused-ring (bicyclic) bond motifs is 3. The summed E-state index contributed by atoms with van der Waals surface area (Å²) in [4.78, 5) is 19.7. The lowest BCUT2D eigenvalue weighted by atomic mass is 9.89. The molecule has 3 unspecified atom stereocenters. The molecular weight excluding hydrogens is 290 g/mol. The van der Waals surface area contributed by atoms with Crippen LogP contribution in [-0.4, -0.2) is 26.3 Å². The first-order valence-electron chi connectivity index (χ1n) is 8.64. The van der Waals surface area contributed by atoms with Gasteiger partial charge in [0.1, 0.15) is 5.39 Å². The van der Waals surface area contributed by atoms with Gasteiger partial charge in [0.2, 0.25) is 5.95 Å². The summed E-state index contributed by atoms with van der Waals surface area (Å²) in [5, 5.41) is 8.26. The van der Waals surface area contributed by atoms with E-state index in [4.69, 9.17) is 0 Å². The molecule has 0 aliphatic heterocycles. The maximum Gasteiger partial charge on any atom is 0.263 e. The minimum atomic E-state index is -0.204. The number of H-pyrrole nitrogens is 1. The molecule has 6 nitrogen and oxygen atoms in total. The van der Waals surface area contributed by atoms with Crippen LogP contribution in [0.25, 0.3) is 11.0 Å². The zero-order chi connectivity index (χ0) is 16.2. The first-order chi connectivity index (χ1) is 10.9. The highest BCUT2D eigenvalue weighted by molar-refractivity contribution is 5.74. The summed E-state index contributed by atoms with van der Waals surface area (Å²) in [6.45, 7) is 7.08. The van der Waals surface area contributed by atoms with Crippen LogP contribution in [-0.2, 0) is 5.54 Å². The van der Waals surface area contributed by atoms with Crippen LogP contribution in [0.3, 0.4) is 0 Å². The van der Waals surface area contributed by atoms with Gasteiger partial charge >= 0.3 is 0 Å². The second-order valence-corrected chi connectivity index (χ2v) is 8.19. The second-order valence-electron chi connectivity index (χ2n) is 8.19. The summed E-state index contributed by atoms with van der Waals surface area (Å²) >= 11 is 0. The fraction of sp³-hybridized carbons (Fsp3) is 0.706. The molecule has 0 amide bonds. The minimum absolute atomic E-state index is 0.124. The van der Waals surface area contributed by atoms with Crippen molar-refractivity contribution in [3.63, 3.8) is 0 Å². The Morgan fingerprint density at radius 1 is 1.35 bits per heavy atom. The van der Waals surface area contributed by atoms with Gasteiger partial charge < -0.3 is 5.32 Å². The van der Waals surface area contributed by atoms with Crippen molar-refractivity contribution < 1.29 is 0 Å². The Bertz CT molecular complexity index is 784. The van der Waals surface area contributed by atoms with Crippen LogP contribution in [0.4, 0.5) is 5.95 Å². The number of anilines is 1. The summed E-state index contributed by atoms with van der Waals surface area (Å²) in [6.07, 6.45) is 7.10. The molecule has 2 N–H and O–H groups in total. The Hall–Kier alpha value is -1.85. The number of rotatable bonds is 3. The van der Waals surface area contributed by atoms with E-state index in [-0.39, 0.29) is 11.1 Å². The molecule has 124 valence electrons. The fourth-order valence-corrected chi connectivity index (χ4v) is 4.35. The molecule has 0 aromatic carbocycles. The standard InChI is InChI=1S/C17H25N5O/c1-17(2,3)22-14-13(9-19-22)15(23)21-16(20-14)18-8-12-7-10-4-5-11(12)6-10/h9-12H,4-8H2,1-3H3,(H2,18,20,21,23). The normalized spacial score (nSPS) is 27.0. The van der Waals surface area contributed by atoms with Gasteiger partial charge in [-0.2, -0.15) is 10.1 Å². The molecule has 2 aliphatic carbocycles. The summed E-state index contributed by atoms with van der Waals surface area (Å²) in [6, 6.07) is 0. The van der Waals surface area contributed by atoms with Crippen LogP contribution < -0.4 is 10.9 Å². The first-order valence-corrected chi connectivity index (χ1v) is 8.64. The predicted molar refractivity (Wildman–Crippen MR) is 90.6 cm³/mol. The minimum Gasteiger partial charge on any atom is -0.355 e. The topological polar surface area (TPSA) is 75.6 Å². The van der Waals surface area contributed by atoms with E-state index in [9.17, 15) is 4.79 Å². The van der Waals surface area contributed by atoms with Crippen LogP contribution >= 0.6 is 0 Å². The molecule has 2 aromatic heterocycles. The average molecular weight is 315 g/mol. The third-order valence-corrected chi connectivity index (χ3v) is 5.49. The Morgan fingerprint density at radius 2 is 2.17 bits per heavy atom. The van der Waals surface area contributed by atoms with Gasteiger partial charge in [-0.1, -0.05) is 6.42 Å². The molecule has 2 saturated carbocycles. The molecule has 0 radical (unpaired) electrons. The maximum atomic E-state index is 12.3. The Labute approximate surface area is 135 Å². The molecule has 2 fully saturated rings. The molecule has 6 heteroatoms. The van der Waals surface area contributed by atoms with E-state index in [1.54, 1.807) is 6.20 Å². The van der Waals surface area contributed by atoms with Crippen molar-refractivity contribution in [2.45, 2.75) is 52.0 Å². The molecule has 4 rings (SSSR count). The van der Waals surface area contributed by atoms with Crippen LogP contribution in [0, 0.1) is 17.8 Å². The Kier molecular flexibility index (Phi) is 3.25. The average Bonchev–Trinajstić information content (AvgIpc) is 3.18. The van der Waals surface area contributed by atoms with Crippen molar-refractivity contribution in [2.75, 3.05) is 11.9 Å². The number of hydrogen-bond donors (Lipinski definition) is 2. The second kappa shape index (κ2) is 5.08. The van der Waals surface area contributed by atoms with E-state index in [1.807, 2.05) is 4.68 Å². The van der Waals surface area contributed by atoms with Gasteiger partial charge in [0.15, 0.2) is 5.65 Å².